The first kappa shape index (κ1) is 11.3. The lowest BCUT2D eigenvalue weighted by atomic mass is 9.86. The van der Waals surface area contributed by atoms with Crippen LogP contribution < -0.4 is 0 Å². The molecular weight excluding hydrogens is 202 g/mol. The summed E-state index contributed by atoms with van der Waals surface area (Å²) in [6, 6.07) is 0. The Morgan fingerprint density at radius 2 is 2.12 bits per heavy atom. The van der Waals surface area contributed by atoms with Crippen LogP contribution in [-0.4, -0.2) is 20.8 Å². The van der Waals surface area contributed by atoms with E-state index in [-0.39, 0.29) is 11.2 Å². The fourth-order valence-corrected chi connectivity index (χ4v) is 2.02. The summed E-state index contributed by atoms with van der Waals surface area (Å²) in [5.41, 5.74) is 1.23. The minimum atomic E-state index is -0.377. The maximum Gasteiger partial charge on any atom is 0.190 e. The Morgan fingerprint density at radius 1 is 1.44 bits per heavy atom. The number of carbonyl (C=O) groups excluding carboxylic acids is 1. The summed E-state index contributed by atoms with van der Waals surface area (Å²) in [4.78, 5) is 12.2. The van der Waals surface area contributed by atoms with Crippen molar-refractivity contribution in [3.05, 3.63) is 11.4 Å². The highest BCUT2D eigenvalue weighted by molar-refractivity contribution is 5.99. The number of aryl methyl sites for hydroxylation is 1. The highest BCUT2D eigenvalue weighted by Crippen LogP contribution is 2.26. The highest BCUT2D eigenvalue weighted by atomic mass is 16.1. The molecule has 1 aromatic heterocycles. The van der Waals surface area contributed by atoms with E-state index in [4.69, 9.17) is 0 Å². The standard InChI is InChI=1S/C12H19N3O/c1-8-5-6-15-9(7-8)10(13-14-15)11(16)12(2,3)4/h8H,5-7H2,1-4H3. The number of Topliss-reactive ketones (excluding diaryl/α,β-unsaturated/α-hetero) is 1. The van der Waals surface area contributed by atoms with Gasteiger partial charge in [-0.2, -0.15) is 0 Å². The fraction of sp³-hybridized carbons (Fsp3) is 0.750. The summed E-state index contributed by atoms with van der Waals surface area (Å²) < 4.78 is 1.89. The Morgan fingerprint density at radius 3 is 2.75 bits per heavy atom. The number of hydrogen-bond donors (Lipinski definition) is 0. The smallest absolute Gasteiger partial charge is 0.190 e. The van der Waals surface area contributed by atoms with Crippen molar-refractivity contribution in [3.63, 3.8) is 0 Å². The van der Waals surface area contributed by atoms with Crippen LogP contribution in [0.3, 0.4) is 0 Å². The van der Waals surface area contributed by atoms with Gasteiger partial charge in [0.15, 0.2) is 11.5 Å². The minimum absolute atomic E-state index is 0.0999. The largest absolute Gasteiger partial charge is 0.292 e. The predicted molar refractivity (Wildman–Crippen MR) is 61.3 cm³/mol. The van der Waals surface area contributed by atoms with Crippen LogP contribution in [0.4, 0.5) is 0 Å². The molecule has 16 heavy (non-hydrogen) atoms. The average Bonchev–Trinajstić information content (AvgIpc) is 2.57. The van der Waals surface area contributed by atoms with Gasteiger partial charge in [0.2, 0.25) is 0 Å². The number of fused-ring (bicyclic) bond motifs is 1. The lowest BCUT2D eigenvalue weighted by Gasteiger charge is -2.21. The Hall–Kier alpha value is -1.19. The highest BCUT2D eigenvalue weighted by Gasteiger charge is 2.31. The Labute approximate surface area is 96.0 Å². The van der Waals surface area contributed by atoms with Crippen molar-refractivity contribution in [1.29, 1.82) is 0 Å². The van der Waals surface area contributed by atoms with Crippen LogP contribution in [0.1, 0.15) is 50.3 Å². The number of hydrogen-bond acceptors (Lipinski definition) is 3. The second-order valence-electron chi connectivity index (χ2n) is 5.78. The molecule has 1 aliphatic heterocycles. The van der Waals surface area contributed by atoms with Gasteiger partial charge < -0.3 is 0 Å². The minimum Gasteiger partial charge on any atom is -0.292 e. The van der Waals surface area contributed by atoms with Gasteiger partial charge in [0.05, 0.1) is 5.69 Å². The molecule has 2 heterocycles. The lowest BCUT2D eigenvalue weighted by Crippen LogP contribution is -2.24. The van der Waals surface area contributed by atoms with Crippen molar-refractivity contribution in [2.75, 3.05) is 0 Å². The van der Waals surface area contributed by atoms with E-state index in [1.54, 1.807) is 0 Å². The Bertz CT molecular complexity index is 414. The molecule has 1 atom stereocenters. The van der Waals surface area contributed by atoms with E-state index >= 15 is 0 Å². The molecule has 0 N–H and O–H groups in total. The first-order valence-electron chi connectivity index (χ1n) is 5.86. The van der Waals surface area contributed by atoms with Gasteiger partial charge in [-0.15, -0.1) is 5.10 Å². The molecule has 4 nitrogen and oxygen atoms in total. The molecule has 1 aromatic rings. The van der Waals surface area contributed by atoms with Crippen LogP contribution in [0.5, 0.6) is 0 Å². The number of ketones is 1. The van der Waals surface area contributed by atoms with Crippen molar-refractivity contribution in [3.8, 4) is 0 Å². The molecule has 1 aliphatic rings. The van der Waals surface area contributed by atoms with E-state index in [1.807, 2.05) is 25.5 Å². The molecule has 1 unspecified atom stereocenters. The first-order valence-corrected chi connectivity index (χ1v) is 5.86. The third kappa shape index (κ3) is 1.88. The van der Waals surface area contributed by atoms with Crippen molar-refractivity contribution >= 4 is 5.78 Å². The number of aromatic nitrogens is 3. The van der Waals surface area contributed by atoms with Gasteiger partial charge in [-0.25, -0.2) is 4.68 Å². The lowest BCUT2D eigenvalue weighted by molar-refractivity contribution is 0.0851. The zero-order chi connectivity index (χ0) is 11.9. The van der Waals surface area contributed by atoms with E-state index < -0.39 is 0 Å². The predicted octanol–water partition coefficient (Wildman–Crippen LogP) is 2.09. The molecule has 2 rings (SSSR count). The number of rotatable bonds is 1. The molecule has 0 radical (unpaired) electrons. The first-order chi connectivity index (χ1) is 7.39. The summed E-state index contributed by atoms with van der Waals surface area (Å²) in [7, 11) is 0. The summed E-state index contributed by atoms with van der Waals surface area (Å²) in [6.07, 6.45) is 2.05. The topological polar surface area (TPSA) is 47.8 Å². The van der Waals surface area contributed by atoms with Gasteiger partial charge >= 0.3 is 0 Å². The molecule has 0 spiro atoms. The van der Waals surface area contributed by atoms with Crippen molar-refractivity contribution < 1.29 is 4.79 Å². The van der Waals surface area contributed by atoms with E-state index in [1.165, 1.54) is 0 Å². The molecule has 4 heteroatoms. The van der Waals surface area contributed by atoms with Crippen molar-refractivity contribution in [2.45, 2.75) is 47.1 Å². The molecule has 0 fully saturated rings. The van der Waals surface area contributed by atoms with Gasteiger partial charge in [0.1, 0.15) is 0 Å². The maximum absolute atomic E-state index is 12.2. The summed E-state index contributed by atoms with van der Waals surface area (Å²) in [6.45, 7) is 8.87. The summed E-state index contributed by atoms with van der Waals surface area (Å²) in [5.74, 6) is 0.723. The third-order valence-corrected chi connectivity index (χ3v) is 3.11. The normalized spacial score (nSPS) is 20.6. The van der Waals surface area contributed by atoms with Crippen molar-refractivity contribution in [2.24, 2.45) is 11.3 Å². The molecule has 0 aromatic carbocycles. The second-order valence-corrected chi connectivity index (χ2v) is 5.78. The van der Waals surface area contributed by atoms with E-state index in [0.717, 1.165) is 25.1 Å². The second kappa shape index (κ2) is 3.68. The zero-order valence-corrected chi connectivity index (χ0v) is 10.4. The van der Waals surface area contributed by atoms with Gasteiger partial charge in [-0.3, -0.25) is 4.79 Å². The van der Waals surface area contributed by atoms with Crippen LogP contribution in [0.2, 0.25) is 0 Å². The molecular formula is C12H19N3O. The van der Waals surface area contributed by atoms with E-state index in [0.29, 0.717) is 11.6 Å². The summed E-state index contributed by atoms with van der Waals surface area (Å²) in [5, 5.41) is 8.13. The van der Waals surface area contributed by atoms with Crippen LogP contribution >= 0.6 is 0 Å². The van der Waals surface area contributed by atoms with Gasteiger partial charge in [-0.05, 0) is 18.8 Å². The molecule has 88 valence electrons. The van der Waals surface area contributed by atoms with Crippen molar-refractivity contribution in [1.82, 2.24) is 15.0 Å². The average molecular weight is 221 g/mol. The van der Waals surface area contributed by atoms with Crippen LogP contribution in [0, 0.1) is 11.3 Å². The van der Waals surface area contributed by atoms with Gasteiger partial charge in [0.25, 0.3) is 0 Å². The van der Waals surface area contributed by atoms with Crippen LogP contribution in [0.15, 0.2) is 0 Å². The maximum atomic E-state index is 12.2. The fourth-order valence-electron chi connectivity index (χ4n) is 2.02. The van der Waals surface area contributed by atoms with Crippen LogP contribution in [-0.2, 0) is 13.0 Å². The summed E-state index contributed by atoms with van der Waals surface area (Å²) >= 11 is 0. The zero-order valence-electron chi connectivity index (χ0n) is 10.4. The Kier molecular flexibility index (Phi) is 2.60. The molecule has 0 bridgehead atoms. The quantitative estimate of drug-likeness (QED) is 0.682. The molecule has 0 saturated heterocycles. The SMILES string of the molecule is CC1CCn2nnc(C(=O)C(C)(C)C)c2C1. The molecule has 0 aliphatic carbocycles. The van der Waals surface area contributed by atoms with Gasteiger partial charge in [-0.1, -0.05) is 32.9 Å². The van der Waals surface area contributed by atoms with E-state index in [2.05, 4.69) is 17.2 Å². The number of carbonyl (C=O) groups is 1. The Balaban J connectivity index is 2.37. The van der Waals surface area contributed by atoms with Gasteiger partial charge in [0, 0.05) is 12.0 Å². The van der Waals surface area contributed by atoms with E-state index in [9.17, 15) is 4.79 Å². The number of nitrogens with zero attached hydrogens (tertiary/aromatic N) is 3. The monoisotopic (exact) mass is 221 g/mol. The third-order valence-electron chi connectivity index (χ3n) is 3.11. The molecule has 0 amide bonds. The molecule has 0 saturated carbocycles. The van der Waals surface area contributed by atoms with Crippen LogP contribution in [0.25, 0.3) is 0 Å².